The molecule has 0 atom stereocenters. The molecule has 0 saturated heterocycles. The Hall–Kier alpha value is -6.59. The largest absolute Gasteiger partial charge is 0.309 e. The van der Waals surface area contributed by atoms with Crippen LogP contribution < -0.4 is 0 Å². The Morgan fingerprint density at radius 1 is 0.354 bits per heavy atom. The lowest BCUT2D eigenvalue weighted by atomic mass is 10.1. The summed E-state index contributed by atoms with van der Waals surface area (Å²) in [4.78, 5) is 5.21. The maximum atomic E-state index is 5.21. The van der Waals surface area contributed by atoms with E-state index in [0.29, 0.717) is 0 Å². The zero-order chi connectivity index (χ0) is 31.1. The minimum Gasteiger partial charge on any atom is -0.309 e. The van der Waals surface area contributed by atoms with E-state index < -0.39 is 0 Å². The number of nitrogens with zero attached hydrogens (tertiary/aromatic N) is 5. The fourth-order valence-corrected chi connectivity index (χ4v) is 8.60. The smallest absolute Gasteiger partial charge is 0.220 e. The zero-order valence-corrected chi connectivity index (χ0v) is 25.7. The molecule has 5 heteroatoms. The first kappa shape index (κ1) is 24.6. The highest BCUT2D eigenvalue weighted by molar-refractivity contribution is 6.19. The third-order valence-corrected chi connectivity index (χ3v) is 10.5. The van der Waals surface area contributed by atoms with E-state index in [9.17, 15) is 0 Å². The summed E-state index contributed by atoms with van der Waals surface area (Å²) in [6.07, 6.45) is 0. The maximum Gasteiger partial charge on any atom is 0.220 e. The minimum absolute atomic E-state index is 0.944. The molecule has 12 rings (SSSR count). The molecule has 5 aromatic heterocycles. The molecule has 7 aromatic carbocycles. The summed E-state index contributed by atoms with van der Waals surface area (Å²) in [6.45, 7) is 0. The lowest BCUT2D eigenvalue weighted by Crippen LogP contribution is -1.98. The number of hydrogen-bond donors (Lipinski definition) is 0. The van der Waals surface area contributed by atoms with E-state index in [0.717, 1.165) is 28.2 Å². The van der Waals surface area contributed by atoms with Crippen LogP contribution in [0.5, 0.6) is 0 Å². The average molecular weight is 612 g/mol. The van der Waals surface area contributed by atoms with Crippen molar-refractivity contribution in [1.29, 1.82) is 0 Å². The topological polar surface area (TPSA) is 31.6 Å². The molecule has 12 aromatic rings. The Labute approximate surface area is 273 Å². The van der Waals surface area contributed by atoms with E-state index in [-0.39, 0.29) is 0 Å². The van der Waals surface area contributed by atoms with E-state index in [2.05, 4.69) is 170 Å². The summed E-state index contributed by atoms with van der Waals surface area (Å²) in [5, 5.41) is 7.48. The van der Waals surface area contributed by atoms with E-state index in [1.165, 1.54) is 70.9 Å². The number of fused-ring (bicyclic) bond motifs is 14. The Morgan fingerprint density at radius 3 is 1.65 bits per heavy atom. The van der Waals surface area contributed by atoms with Gasteiger partial charge in [0.25, 0.3) is 0 Å². The van der Waals surface area contributed by atoms with Crippen LogP contribution in [0.4, 0.5) is 0 Å². The number of hydrogen-bond acceptors (Lipinski definition) is 1. The van der Waals surface area contributed by atoms with Gasteiger partial charge in [0.1, 0.15) is 0 Å². The van der Waals surface area contributed by atoms with Gasteiger partial charge in [0, 0.05) is 38.0 Å². The molecule has 0 aliphatic rings. The van der Waals surface area contributed by atoms with Crippen molar-refractivity contribution in [2.75, 3.05) is 0 Å². The van der Waals surface area contributed by atoms with Crippen molar-refractivity contribution in [3.05, 3.63) is 152 Å². The maximum absolute atomic E-state index is 5.21. The van der Waals surface area contributed by atoms with Gasteiger partial charge in [-0.15, -0.1) is 0 Å². The average Bonchev–Trinajstić information content (AvgIpc) is 3.93. The van der Waals surface area contributed by atoms with Crippen LogP contribution in [-0.4, -0.2) is 22.9 Å². The molecule has 0 saturated carbocycles. The molecule has 222 valence electrons. The Kier molecular flexibility index (Phi) is 4.41. The second kappa shape index (κ2) is 8.60. The molecule has 0 amide bonds. The minimum atomic E-state index is 0.944. The Balaban J connectivity index is 1.22. The number of benzene rings is 7. The molecule has 0 fully saturated rings. The number of aromatic nitrogens is 5. The summed E-state index contributed by atoms with van der Waals surface area (Å²) in [7, 11) is 0. The summed E-state index contributed by atoms with van der Waals surface area (Å²) in [5.41, 5.74) is 12.8. The molecule has 0 bridgehead atoms. The van der Waals surface area contributed by atoms with Crippen LogP contribution in [0.25, 0.3) is 99.1 Å². The quantitative estimate of drug-likeness (QED) is 0.191. The van der Waals surface area contributed by atoms with Crippen LogP contribution in [0.3, 0.4) is 0 Å². The molecule has 5 nitrogen and oxygen atoms in total. The molecule has 0 aliphatic heterocycles. The normalized spacial score (nSPS) is 12.6. The summed E-state index contributed by atoms with van der Waals surface area (Å²) >= 11 is 0. The summed E-state index contributed by atoms with van der Waals surface area (Å²) < 4.78 is 9.57. The van der Waals surface area contributed by atoms with E-state index in [4.69, 9.17) is 4.98 Å². The van der Waals surface area contributed by atoms with Gasteiger partial charge >= 0.3 is 0 Å². The van der Waals surface area contributed by atoms with Gasteiger partial charge in [-0.3, -0.25) is 8.80 Å². The van der Waals surface area contributed by atoms with Crippen LogP contribution in [-0.2, 0) is 0 Å². The Bertz CT molecular complexity index is 3240. The van der Waals surface area contributed by atoms with Gasteiger partial charge in [-0.05, 0) is 60.7 Å². The van der Waals surface area contributed by atoms with Crippen molar-refractivity contribution >= 4 is 87.7 Å². The number of rotatable bonds is 2. The van der Waals surface area contributed by atoms with Crippen molar-refractivity contribution in [3.8, 4) is 11.4 Å². The summed E-state index contributed by atoms with van der Waals surface area (Å²) in [6, 6.07) is 55.0. The molecule has 0 spiro atoms. The van der Waals surface area contributed by atoms with Gasteiger partial charge in [0.2, 0.25) is 5.78 Å². The molecule has 0 aliphatic carbocycles. The van der Waals surface area contributed by atoms with Gasteiger partial charge in [0.05, 0.1) is 55.3 Å². The van der Waals surface area contributed by atoms with Gasteiger partial charge in [-0.25, -0.2) is 4.98 Å². The lowest BCUT2D eigenvalue weighted by Gasteiger charge is -2.12. The van der Waals surface area contributed by atoms with Crippen LogP contribution in [0.15, 0.2) is 152 Å². The van der Waals surface area contributed by atoms with Crippen molar-refractivity contribution in [2.24, 2.45) is 0 Å². The molecule has 48 heavy (non-hydrogen) atoms. The van der Waals surface area contributed by atoms with Crippen LogP contribution in [0.1, 0.15) is 0 Å². The lowest BCUT2D eigenvalue weighted by molar-refractivity contribution is 1.15. The summed E-state index contributed by atoms with van der Waals surface area (Å²) in [5.74, 6) is 0.944. The van der Waals surface area contributed by atoms with Crippen LogP contribution >= 0.6 is 0 Å². The first-order valence-electron chi connectivity index (χ1n) is 16.4. The van der Waals surface area contributed by atoms with Gasteiger partial charge in [0.15, 0.2) is 0 Å². The van der Waals surface area contributed by atoms with Crippen molar-refractivity contribution in [1.82, 2.24) is 22.9 Å². The van der Waals surface area contributed by atoms with Crippen molar-refractivity contribution in [3.63, 3.8) is 0 Å². The molecule has 0 radical (unpaired) electrons. The van der Waals surface area contributed by atoms with E-state index in [1.54, 1.807) is 0 Å². The molecular weight excluding hydrogens is 587 g/mol. The van der Waals surface area contributed by atoms with Gasteiger partial charge in [-0.2, -0.15) is 0 Å². The van der Waals surface area contributed by atoms with E-state index in [1.807, 2.05) is 0 Å². The SMILES string of the molecule is c1ccc2c(c1)nc1n2c2cccc3c4cccc(-n5c6ccccc6c6cc(-n7c8ccccc8c8ccccc87)ccc65)c4n1c32. The predicted octanol–water partition coefficient (Wildman–Crippen LogP) is 10.7. The molecular formula is C43H25N5. The fraction of sp³-hybridized carbons (Fsp3) is 0. The van der Waals surface area contributed by atoms with Gasteiger partial charge < -0.3 is 9.13 Å². The van der Waals surface area contributed by atoms with E-state index >= 15 is 0 Å². The predicted molar refractivity (Wildman–Crippen MR) is 199 cm³/mol. The van der Waals surface area contributed by atoms with Crippen molar-refractivity contribution in [2.45, 2.75) is 0 Å². The standard InChI is InChI=1S/C43H25N5/c1-5-17-34-27(11-1)28-12-2-6-18-35(28)45(34)26-23-24-37-32(25-26)29-13-3-7-19-36(29)46(37)39-21-9-14-30-31-15-10-22-40-42(31)48(41(30)39)43-44-33-16-4-8-20-38(33)47(40)43/h1-25H. The van der Waals surface area contributed by atoms with Crippen LogP contribution in [0.2, 0.25) is 0 Å². The second-order valence-electron chi connectivity index (χ2n) is 12.8. The third kappa shape index (κ3) is 2.87. The highest BCUT2D eigenvalue weighted by Gasteiger charge is 2.24. The zero-order valence-electron chi connectivity index (χ0n) is 25.7. The number of para-hydroxylation sites is 7. The second-order valence-corrected chi connectivity index (χ2v) is 12.8. The molecule has 0 unspecified atom stereocenters. The van der Waals surface area contributed by atoms with Crippen LogP contribution in [0, 0.1) is 0 Å². The molecule has 0 N–H and O–H groups in total. The van der Waals surface area contributed by atoms with Crippen molar-refractivity contribution < 1.29 is 0 Å². The number of imidazole rings is 2. The monoisotopic (exact) mass is 611 g/mol. The first-order valence-corrected chi connectivity index (χ1v) is 16.4. The first-order chi connectivity index (χ1) is 23.8. The third-order valence-electron chi connectivity index (χ3n) is 10.5. The Morgan fingerprint density at radius 2 is 0.896 bits per heavy atom. The fourth-order valence-electron chi connectivity index (χ4n) is 8.60. The highest BCUT2D eigenvalue weighted by atomic mass is 15.2. The van der Waals surface area contributed by atoms with Gasteiger partial charge in [-0.1, -0.05) is 91.0 Å². The highest BCUT2D eigenvalue weighted by Crippen LogP contribution is 2.42. The molecule has 5 heterocycles.